The molecule has 0 heterocycles. The summed E-state index contributed by atoms with van der Waals surface area (Å²) < 4.78 is 0. The van der Waals surface area contributed by atoms with Gasteiger partial charge in [0.1, 0.15) is 0 Å². The van der Waals surface area contributed by atoms with Crippen LogP contribution < -0.4 is 11.5 Å². The van der Waals surface area contributed by atoms with Gasteiger partial charge < -0.3 is 11.5 Å². The molecule has 4 N–H and O–H groups in total. The van der Waals surface area contributed by atoms with Crippen LogP contribution in [0.5, 0.6) is 0 Å². The fourth-order valence-electron chi connectivity index (χ4n) is 1.96. The molecule has 2 aromatic carbocycles. The van der Waals surface area contributed by atoms with Crippen LogP contribution in [0.15, 0.2) is 60.7 Å². The van der Waals surface area contributed by atoms with Gasteiger partial charge in [0.2, 0.25) is 0 Å². The summed E-state index contributed by atoms with van der Waals surface area (Å²) in [4.78, 5) is 0. The molecule has 0 amide bonds. The van der Waals surface area contributed by atoms with Crippen LogP contribution in [-0.2, 0) is 0 Å². The van der Waals surface area contributed by atoms with Gasteiger partial charge in [-0.1, -0.05) is 60.7 Å². The maximum atomic E-state index is 5.88. The first-order valence-electron chi connectivity index (χ1n) is 5.40. The first kappa shape index (κ1) is 10.9. The molecule has 0 aliphatic carbocycles. The van der Waals surface area contributed by atoms with Crippen molar-refractivity contribution in [3.8, 4) is 0 Å². The van der Waals surface area contributed by atoms with Crippen LogP contribution in [0.2, 0.25) is 0 Å². The van der Waals surface area contributed by atoms with Crippen LogP contribution in [0.1, 0.15) is 17.0 Å². The number of rotatable bonds is 3. The highest BCUT2D eigenvalue weighted by molar-refractivity contribution is 5.33. The zero-order valence-corrected chi connectivity index (χ0v) is 9.08. The van der Waals surface area contributed by atoms with E-state index >= 15 is 0 Å². The van der Waals surface area contributed by atoms with E-state index in [0.717, 1.165) is 11.1 Å². The van der Waals surface area contributed by atoms with Gasteiger partial charge in [-0.2, -0.15) is 0 Å². The summed E-state index contributed by atoms with van der Waals surface area (Å²) in [6.07, 6.45) is -0.384. The summed E-state index contributed by atoms with van der Waals surface area (Å²) in [5, 5.41) is 0. The molecule has 0 atom stereocenters. The predicted octanol–water partition coefficient (Wildman–Crippen LogP) is 2.06. The average molecular weight is 212 g/mol. The molecular formula is C14H16N2. The van der Waals surface area contributed by atoms with Crippen molar-refractivity contribution < 1.29 is 0 Å². The third kappa shape index (κ3) is 2.30. The van der Waals surface area contributed by atoms with E-state index in [9.17, 15) is 0 Å². The van der Waals surface area contributed by atoms with Crippen LogP contribution in [0.25, 0.3) is 0 Å². The lowest BCUT2D eigenvalue weighted by atomic mass is 9.89. The first-order chi connectivity index (χ1) is 7.79. The Labute approximate surface area is 95.9 Å². The van der Waals surface area contributed by atoms with Gasteiger partial charge in [0.15, 0.2) is 0 Å². The Kier molecular flexibility index (Phi) is 3.34. The zero-order chi connectivity index (χ0) is 11.4. The minimum atomic E-state index is -0.384. The lowest BCUT2D eigenvalue weighted by Gasteiger charge is -2.21. The van der Waals surface area contributed by atoms with Crippen molar-refractivity contribution >= 4 is 0 Å². The smallest absolute Gasteiger partial charge is 0.0633 e. The van der Waals surface area contributed by atoms with Gasteiger partial charge in [0.05, 0.1) is 6.17 Å². The SMILES string of the molecule is NC(N)C(c1ccccc1)c1ccccc1. The van der Waals surface area contributed by atoms with Gasteiger partial charge >= 0.3 is 0 Å². The van der Waals surface area contributed by atoms with Crippen molar-refractivity contribution in [1.82, 2.24) is 0 Å². The molecular weight excluding hydrogens is 196 g/mol. The number of hydrogen-bond acceptors (Lipinski definition) is 2. The van der Waals surface area contributed by atoms with Crippen molar-refractivity contribution in [2.24, 2.45) is 11.5 Å². The van der Waals surface area contributed by atoms with Crippen molar-refractivity contribution in [1.29, 1.82) is 0 Å². The second kappa shape index (κ2) is 4.92. The molecule has 0 aliphatic rings. The Morgan fingerprint density at radius 2 is 1.00 bits per heavy atom. The summed E-state index contributed by atoms with van der Waals surface area (Å²) in [5.41, 5.74) is 14.1. The second-order valence-corrected chi connectivity index (χ2v) is 3.88. The van der Waals surface area contributed by atoms with E-state index in [1.165, 1.54) is 0 Å². The summed E-state index contributed by atoms with van der Waals surface area (Å²) in [7, 11) is 0. The van der Waals surface area contributed by atoms with E-state index in [1.807, 2.05) is 36.4 Å². The molecule has 0 saturated carbocycles. The first-order valence-corrected chi connectivity index (χ1v) is 5.40. The normalized spacial score (nSPS) is 11.0. The summed E-state index contributed by atoms with van der Waals surface area (Å²) >= 11 is 0. The van der Waals surface area contributed by atoms with Crippen molar-refractivity contribution in [3.05, 3.63) is 71.8 Å². The highest BCUT2D eigenvalue weighted by Gasteiger charge is 2.17. The largest absolute Gasteiger partial charge is 0.315 e. The second-order valence-electron chi connectivity index (χ2n) is 3.88. The Hall–Kier alpha value is -1.64. The lowest BCUT2D eigenvalue weighted by molar-refractivity contribution is 0.618. The molecule has 0 aliphatic heterocycles. The Bertz CT molecular complexity index is 384. The molecule has 16 heavy (non-hydrogen) atoms. The molecule has 0 saturated heterocycles. The maximum Gasteiger partial charge on any atom is 0.0633 e. The van der Waals surface area contributed by atoms with E-state index in [1.54, 1.807) is 0 Å². The van der Waals surface area contributed by atoms with Gasteiger partial charge in [-0.3, -0.25) is 0 Å². The van der Waals surface area contributed by atoms with E-state index in [-0.39, 0.29) is 12.1 Å². The van der Waals surface area contributed by atoms with Gasteiger partial charge in [0, 0.05) is 5.92 Å². The minimum Gasteiger partial charge on any atom is -0.315 e. The zero-order valence-electron chi connectivity index (χ0n) is 9.08. The average Bonchev–Trinajstić information content (AvgIpc) is 2.31. The third-order valence-corrected chi connectivity index (χ3v) is 2.70. The summed E-state index contributed by atoms with van der Waals surface area (Å²) in [6.45, 7) is 0. The molecule has 2 heteroatoms. The maximum absolute atomic E-state index is 5.88. The van der Waals surface area contributed by atoms with Crippen LogP contribution in [0.3, 0.4) is 0 Å². The minimum absolute atomic E-state index is 0.0578. The van der Waals surface area contributed by atoms with E-state index in [2.05, 4.69) is 24.3 Å². The van der Waals surface area contributed by atoms with Gasteiger partial charge in [-0.25, -0.2) is 0 Å². The molecule has 0 spiro atoms. The van der Waals surface area contributed by atoms with E-state index in [0.29, 0.717) is 0 Å². The number of nitrogens with two attached hydrogens (primary N) is 2. The molecule has 82 valence electrons. The molecule has 0 unspecified atom stereocenters. The molecule has 0 aromatic heterocycles. The predicted molar refractivity (Wildman–Crippen MR) is 66.9 cm³/mol. The molecule has 2 aromatic rings. The molecule has 0 fully saturated rings. The lowest BCUT2D eigenvalue weighted by Crippen LogP contribution is -2.37. The number of benzene rings is 2. The third-order valence-electron chi connectivity index (χ3n) is 2.70. The van der Waals surface area contributed by atoms with Crippen molar-refractivity contribution in [2.75, 3.05) is 0 Å². The monoisotopic (exact) mass is 212 g/mol. The van der Waals surface area contributed by atoms with Crippen LogP contribution in [0, 0.1) is 0 Å². The van der Waals surface area contributed by atoms with E-state index in [4.69, 9.17) is 11.5 Å². The Morgan fingerprint density at radius 3 is 1.31 bits per heavy atom. The van der Waals surface area contributed by atoms with Crippen molar-refractivity contribution in [2.45, 2.75) is 12.1 Å². The highest BCUT2D eigenvalue weighted by atomic mass is 14.9. The standard InChI is InChI=1S/C14H16N2/c15-14(16)13(11-7-3-1-4-8-11)12-9-5-2-6-10-12/h1-10,13-14H,15-16H2. The summed E-state index contributed by atoms with van der Waals surface area (Å²) in [6, 6.07) is 20.3. The number of hydrogen-bond donors (Lipinski definition) is 2. The fraction of sp³-hybridized carbons (Fsp3) is 0.143. The van der Waals surface area contributed by atoms with Crippen LogP contribution in [0.4, 0.5) is 0 Å². The van der Waals surface area contributed by atoms with Crippen LogP contribution >= 0.6 is 0 Å². The van der Waals surface area contributed by atoms with Crippen molar-refractivity contribution in [3.63, 3.8) is 0 Å². The topological polar surface area (TPSA) is 52.0 Å². The van der Waals surface area contributed by atoms with Crippen LogP contribution in [-0.4, -0.2) is 6.17 Å². The highest BCUT2D eigenvalue weighted by Crippen LogP contribution is 2.24. The van der Waals surface area contributed by atoms with Gasteiger partial charge in [-0.05, 0) is 11.1 Å². The van der Waals surface area contributed by atoms with Gasteiger partial charge in [0.25, 0.3) is 0 Å². The fourth-order valence-corrected chi connectivity index (χ4v) is 1.96. The molecule has 2 nitrogen and oxygen atoms in total. The summed E-state index contributed by atoms with van der Waals surface area (Å²) in [5.74, 6) is 0.0578. The Morgan fingerprint density at radius 1 is 0.625 bits per heavy atom. The Balaban J connectivity index is 2.40. The quantitative estimate of drug-likeness (QED) is 0.765. The van der Waals surface area contributed by atoms with Gasteiger partial charge in [-0.15, -0.1) is 0 Å². The molecule has 0 bridgehead atoms. The van der Waals surface area contributed by atoms with E-state index < -0.39 is 0 Å². The molecule has 2 rings (SSSR count). The molecule has 0 radical (unpaired) electrons.